The highest BCUT2D eigenvalue weighted by Gasteiger charge is 2.41. The number of rotatable bonds is 4. The fourth-order valence-electron chi connectivity index (χ4n) is 4.79. The molecule has 0 spiro atoms. The maximum absolute atomic E-state index is 13.7. The van der Waals surface area contributed by atoms with Crippen molar-refractivity contribution in [3.05, 3.63) is 53.2 Å². The Morgan fingerprint density at radius 2 is 1.82 bits per heavy atom. The maximum atomic E-state index is 13.7. The molecular formula is C23H26F3N3O4S. The summed E-state index contributed by atoms with van der Waals surface area (Å²) in [5.74, 6) is -0.402. The van der Waals surface area contributed by atoms with Gasteiger partial charge in [-0.2, -0.15) is 17.5 Å². The van der Waals surface area contributed by atoms with E-state index in [-0.39, 0.29) is 30.0 Å². The molecule has 11 heteroatoms. The van der Waals surface area contributed by atoms with Crippen LogP contribution in [0.2, 0.25) is 0 Å². The summed E-state index contributed by atoms with van der Waals surface area (Å²) in [5, 5.41) is 0. The molecule has 34 heavy (non-hydrogen) atoms. The summed E-state index contributed by atoms with van der Waals surface area (Å²) in [5.41, 5.74) is 0.635. The van der Waals surface area contributed by atoms with E-state index in [4.69, 9.17) is 4.74 Å². The molecule has 3 atom stereocenters. The van der Waals surface area contributed by atoms with Crippen molar-refractivity contribution in [3.8, 4) is 0 Å². The predicted molar refractivity (Wildman–Crippen MR) is 119 cm³/mol. The summed E-state index contributed by atoms with van der Waals surface area (Å²) in [6.07, 6.45) is -2.94. The molecule has 1 fully saturated rings. The second-order valence-electron chi connectivity index (χ2n) is 8.85. The minimum atomic E-state index is -4.47. The summed E-state index contributed by atoms with van der Waals surface area (Å²) in [6.45, 7) is 4.01. The molecule has 0 N–H and O–H groups in total. The van der Waals surface area contributed by atoms with E-state index in [0.29, 0.717) is 24.2 Å². The van der Waals surface area contributed by atoms with Gasteiger partial charge in [0, 0.05) is 31.4 Å². The molecule has 0 amide bonds. The highest BCUT2D eigenvalue weighted by molar-refractivity contribution is 7.89. The molecule has 1 aromatic heterocycles. The molecular weight excluding hydrogens is 471 g/mol. The number of piperazine rings is 1. The number of alkyl halides is 3. The number of anilines is 1. The number of ether oxygens (including phenoxy) is 1. The van der Waals surface area contributed by atoms with E-state index in [0.717, 1.165) is 17.8 Å². The van der Waals surface area contributed by atoms with Gasteiger partial charge in [0.15, 0.2) is 0 Å². The Morgan fingerprint density at radius 1 is 1.09 bits per heavy atom. The van der Waals surface area contributed by atoms with Crippen LogP contribution in [-0.4, -0.2) is 56.0 Å². The third-order valence-corrected chi connectivity index (χ3v) is 8.63. The van der Waals surface area contributed by atoms with Crippen molar-refractivity contribution in [1.82, 2.24) is 9.29 Å². The summed E-state index contributed by atoms with van der Waals surface area (Å²) >= 11 is 0. The first kappa shape index (κ1) is 24.5. The Hall–Kier alpha value is -2.66. The van der Waals surface area contributed by atoms with E-state index in [2.05, 4.69) is 4.98 Å². The fraction of sp³-hybridized carbons (Fsp3) is 0.478. The van der Waals surface area contributed by atoms with Crippen molar-refractivity contribution < 1.29 is 31.1 Å². The molecule has 1 aliphatic heterocycles. The highest BCUT2D eigenvalue weighted by atomic mass is 32.2. The molecule has 184 valence electrons. The van der Waals surface area contributed by atoms with Crippen LogP contribution in [0.1, 0.15) is 30.5 Å². The van der Waals surface area contributed by atoms with Gasteiger partial charge in [-0.05, 0) is 56.0 Å². The number of esters is 1. The Bertz CT molecular complexity index is 1180. The summed E-state index contributed by atoms with van der Waals surface area (Å²) < 4.78 is 72.3. The Kier molecular flexibility index (Phi) is 6.36. The second kappa shape index (κ2) is 8.84. The van der Waals surface area contributed by atoms with E-state index in [9.17, 15) is 26.4 Å². The zero-order chi connectivity index (χ0) is 24.8. The van der Waals surface area contributed by atoms with Gasteiger partial charge in [0.25, 0.3) is 0 Å². The lowest BCUT2D eigenvalue weighted by Gasteiger charge is -2.44. The standard InChI is InChI=1S/C23H26F3N3O4S/c1-14-13-29(15(2)12-28(14)21-8-7-18(11-27-21)23(24,25)26)34(31,32)20-6-4-5-16-9-17(10-19(16)20)22(30)33-3/h4-8,11,14-15,17H,9-10,12-13H2,1-3H3/t14-,15-,17?/m0/s1. The number of sulfonamides is 1. The molecule has 2 aromatic rings. The van der Waals surface area contributed by atoms with Crippen LogP contribution in [0.5, 0.6) is 0 Å². The minimum Gasteiger partial charge on any atom is -0.469 e. The van der Waals surface area contributed by atoms with E-state index in [1.165, 1.54) is 17.5 Å². The van der Waals surface area contributed by atoms with Crippen LogP contribution in [-0.2, 0) is 38.6 Å². The van der Waals surface area contributed by atoms with Gasteiger partial charge in [0.05, 0.1) is 23.5 Å². The van der Waals surface area contributed by atoms with Gasteiger partial charge in [-0.25, -0.2) is 13.4 Å². The topological polar surface area (TPSA) is 79.8 Å². The number of carbonyl (C=O) groups excluding carboxylic acids is 1. The molecule has 1 unspecified atom stereocenters. The molecule has 7 nitrogen and oxygen atoms in total. The van der Waals surface area contributed by atoms with Crippen LogP contribution in [0, 0.1) is 5.92 Å². The maximum Gasteiger partial charge on any atom is 0.417 e. The van der Waals surface area contributed by atoms with Gasteiger partial charge >= 0.3 is 12.1 Å². The number of carbonyl (C=O) groups is 1. The monoisotopic (exact) mass is 497 g/mol. The smallest absolute Gasteiger partial charge is 0.417 e. The first-order valence-corrected chi connectivity index (χ1v) is 12.4. The normalized spacial score (nSPS) is 23.6. The van der Waals surface area contributed by atoms with Gasteiger partial charge in [0.1, 0.15) is 5.82 Å². The molecule has 2 heterocycles. The first-order chi connectivity index (χ1) is 15.9. The van der Waals surface area contributed by atoms with E-state index in [1.807, 2.05) is 17.9 Å². The van der Waals surface area contributed by atoms with Gasteiger partial charge in [-0.1, -0.05) is 12.1 Å². The minimum absolute atomic E-state index is 0.149. The lowest BCUT2D eigenvalue weighted by Crippen LogP contribution is -2.58. The van der Waals surface area contributed by atoms with Crippen LogP contribution in [0.3, 0.4) is 0 Å². The number of aromatic nitrogens is 1. The van der Waals surface area contributed by atoms with Crippen LogP contribution >= 0.6 is 0 Å². The van der Waals surface area contributed by atoms with Gasteiger partial charge in [-0.3, -0.25) is 4.79 Å². The number of hydrogen-bond donors (Lipinski definition) is 0. The molecule has 0 radical (unpaired) electrons. The van der Waals surface area contributed by atoms with Crippen molar-refractivity contribution in [2.75, 3.05) is 25.1 Å². The van der Waals surface area contributed by atoms with Crippen LogP contribution in [0.4, 0.5) is 19.0 Å². The van der Waals surface area contributed by atoms with E-state index in [1.54, 1.807) is 19.1 Å². The van der Waals surface area contributed by atoms with Gasteiger partial charge < -0.3 is 9.64 Å². The van der Waals surface area contributed by atoms with Crippen molar-refractivity contribution >= 4 is 21.8 Å². The highest BCUT2D eigenvalue weighted by Crippen LogP contribution is 2.36. The molecule has 0 bridgehead atoms. The predicted octanol–water partition coefficient (Wildman–Crippen LogP) is 3.28. The summed E-state index contributed by atoms with van der Waals surface area (Å²) in [7, 11) is -2.56. The third kappa shape index (κ3) is 4.38. The Balaban J connectivity index is 1.57. The van der Waals surface area contributed by atoms with Crippen molar-refractivity contribution in [1.29, 1.82) is 0 Å². The fourth-order valence-corrected chi connectivity index (χ4v) is 6.77. The largest absolute Gasteiger partial charge is 0.469 e. The van der Waals surface area contributed by atoms with E-state index < -0.39 is 33.7 Å². The van der Waals surface area contributed by atoms with Gasteiger partial charge in [0.2, 0.25) is 10.0 Å². The average Bonchev–Trinajstić information content (AvgIpc) is 3.23. The lowest BCUT2D eigenvalue weighted by molar-refractivity contribution is -0.145. The van der Waals surface area contributed by atoms with Crippen molar-refractivity contribution in [3.63, 3.8) is 0 Å². The third-order valence-electron chi connectivity index (χ3n) is 6.57. The molecule has 0 saturated carbocycles. The zero-order valence-electron chi connectivity index (χ0n) is 19.0. The lowest BCUT2D eigenvalue weighted by atomic mass is 10.1. The van der Waals surface area contributed by atoms with Crippen LogP contribution in [0.25, 0.3) is 0 Å². The number of halogens is 3. The average molecular weight is 498 g/mol. The second-order valence-corrected chi connectivity index (χ2v) is 10.7. The Labute approximate surface area is 196 Å². The number of hydrogen-bond acceptors (Lipinski definition) is 6. The summed E-state index contributed by atoms with van der Waals surface area (Å²) in [4.78, 5) is 18.0. The zero-order valence-corrected chi connectivity index (χ0v) is 19.9. The molecule has 1 aliphatic carbocycles. The van der Waals surface area contributed by atoms with Crippen LogP contribution in [0.15, 0.2) is 41.4 Å². The van der Waals surface area contributed by atoms with E-state index >= 15 is 0 Å². The molecule has 1 aromatic carbocycles. The van der Waals surface area contributed by atoms with Gasteiger partial charge in [-0.15, -0.1) is 0 Å². The molecule has 2 aliphatic rings. The Morgan fingerprint density at radius 3 is 2.44 bits per heavy atom. The SMILES string of the molecule is COC(=O)C1Cc2cccc(S(=O)(=O)N3C[C@H](C)N(c4ccc(C(F)(F)F)cn4)C[C@@H]3C)c2C1. The van der Waals surface area contributed by atoms with Crippen LogP contribution < -0.4 is 4.90 Å². The molecule has 1 saturated heterocycles. The van der Waals surface area contributed by atoms with Crippen molar-refractivity contribution in [2.45, 2.75) is 49.8 Å². The van der Waals surface area contributed by atoms with Crippen molar-refractivity contribution in [2.24, 2.45) is 5.92 Å². The summed E-state index contributed by atoms with van der Waals surface area (Å²) in [6, 6.07) is 6.61. The quantitative estimate of drug-likeness (QED) is 0.604. The number of fused-ring (bicyclic) bond motifs is 1. The molecule has 4 rings (SSSR count). The number of methoxy groups -OCH3 is 1. The number of pyridine rings is 1. The first-order valence-electron chi connectivity index (χ1n) is 10.9. The number of nitrogens with zero attached hydrogens (tertiary/aromatic N) is 3. The number of benzene rings is 1.